The summed E-state index contributed by atoms with van der Waals surface area (Å²) in [5, 5.41) is 12.1. The van der Waals surface area contributed by atoms with Crippen LogP contribution in [-0.4, -0.2) is 40.1 Å². The largest absolute Gasteiger partial charge is 0.497 e. The average molecular weight is 397 g/mol. The number of nitrogens with zero attached hydrogens (tertiary/aromatic N) is 3. The number of carbonyl (C=O) groups excluding carboxylic acids is 1. The SMILES string of the molecule is COc1ccc(-c2nnc(SCC(=O)NCCc3ccccc3C)n2C)cc1. The van der Waals surface area contributed by atoms with Crippen LogP contribution in [-0.2, 0) is 18.3 Å². The van der Waals surface area contributed by atoms with Gasteiger partial charge in [-0.1, -0.05) is 36.0 Å². The van der Waals surface area contributed by atoms with E-state index in [1.165, 1.54) is 22.9 Å². The molecular formula is C21H24N4O2S. The molecule has 1 N–H and O–H groups in total. The minimum Gasteiger partial charge on any atom is -0.497 e. The zero-order valence-corrected chi connectivity index (χ0v) is 17.1. The molecule has 2 aromatic carbocycles. The molecule has 0 aliphatic heterocycles. The molecule has 1 amide bonds. The molecule has 146 valence electrons. The van der Waals surface area contributed by atoms with Crippen molar-refractivity contribution >= 4 is 17.7 Å². The summed E-state index contributed by atoms with van der Waals surface area (Å²) in [6, 6.07) is 15.9. The van der Waals surface area contributed by atoms with Crippen LogP contribution in [0.3, 0.4) is 0 Å². The van der Waals surface area contributed by atoms with Crippen LogP contribution in [0.4, 0.5) is 0 Å². The van der Waals surface area contributed by atoms with Gasteiger partial charge in [0.05, 0.1) is 12.9 Å². The third-order valence-electron chi connectivity index (χ3n) is 4.49. The van der Waals surface area contributed by atoms with E-state index in [1.54, 1.807) is 7.11 Å². The summed E-state index contributed by atoms with van der Waals surface area (Å²) < 4.78 is 7.08. The van der Waals surface area contributed by atoms with Crippen molar-refractivity contribution in [3.05, 3.63) is 59.7 Å². The van der Waals surface area contributed by atoms with E-state index in [-0.39, 0.29) is 5.91 Å². The smallest absolute Gasteiger partial charge is 0.230 e. The van der Waals surface area contributed by atoms with Gasteiger partial charge in [0.2, 0.25) is 5.91 Å². The van der Waals surface area contributed by atoms with Crippen molar-refractivity contribution < 1.29 is 9.53 Å². The maximum Gasteiger partial charge on any atom is 0.230 e. The molecule has 0 fully saturated rings. The number of benzene rings is 2. The van der Waals surface area contributed by atoms with Gasteiger partial charge in [-0.3, -0.25) is 4.79 Å². The number of thioether (sulfide) groups is 1. The number of hydrogen-bond donors (Lipinski definition) is 1. The standard InChI is InChI=1S/C21H24N4O2S/c1-15-6-4-5-7-16(15)12-13-22-19(26)14-28-21-24-23-20(25(21)2)17-8-10-18(27-3)11-9-17/h4-11H,12-14H2,1-3H3,(H,22,26). The Hall–Kier alpha value is -2.80. The molecular weight excluding hydrogens is 372 g/mol. The lowest BCUT2D eigenvalue weighted by molar-refractivity contribution is -0.118. The molecule has 3 aromatic rings. The second kappa shape index (κ2) is 9.41. The third-order valence-corrected chi connectivity index (χ3v) is 5.51. The highest BCUT2D eigenvalue weighted by Crippen LogP contribution is 2.24. The fourth-order valence-corrected chi connectivity index (χ4v) is 3.58. The maximum absolute atomic E-state index is 12.1. The van der Waals surface area contributed by atoms with Gasteiger partial charge in [-0.2, -0.15) is 0 Å². The topological polar surface area (TPSA) is 69.0 Å². The highest BCUT2D eigenvalue weighted by atomic mass is 32.2. The van der Waals surface area contributed by atoms with Crippen LogP contribution in [0.5, 0.6) is 5.75 Å². The molecule has 0 bridgehead atoms. The number of amides is 1. The van der Waals surface area contributed by atoms with Crippen LogP contribution >= 0.6 is 11.8 Å². The van der Waals surface area contributed by atoms with Crippen molar-refractivity contribution in [2.75, 3.05) is 19.4 Å². The Labute approximate surface area is 169 Å². The first kappa shape index (κ1) is 19.9. The van der Waals surface area contributed by atoms with E-state index >= 15 is 0 Å². The Morgan fingerprint density at radius 3 is 2.61 bits per heavy atom. The molecule has 28 heavy (non-hydrogen) atoms. The molecule has 0 aliphatic carbocycles. The van der Waals surface area contributed by atoms with Gasteiger partial charge >= 0.3 is 0 Å². The lowest BCUT2D eigenvalue weighted by Gasteiger charge is -2.07. The summed E-state index contributed by atoms with van der Waals surface area (Å²) in [6.45, 7) is 2.71. The third kappa shape index (κ3) is 4.92. The number of rotatable bonds is 8. The second-order valence-corrected chi connectivity index (χ2v) is 7.35. The molecule has 6 nitrogen and oxygen atoms in total. The molecule has 0 saturated heterocycles. The van der Waals surface area contributed by atoms with Crippen molar-refractivity contribution in [3.63, 3.8) is 0 Å². The summed E-state index contributed by atoms with van der Waals surface area (Å²) in [5.41, 5.74) is 3.45. The van der Waals surface area contributed by atoms with Crippen LogP contribution in [0.1, 0.15) is 11.1 Å². The first-order valence-corrected chi connectivity index (χ1v) is 10.0. The Bertz CT molecular complexity index is 938. The highest BCUT2D eigenvalue weighted by molar-refractivity contribution is 7.99. The molecule has 0 aliphatic rings. The first-order chi connectivity index (χ1) is 13.6. The zero-order chi connectivity index (χ0) is 19.9. The molecule has 3 rings (SSSR count). The monoisotopic (exact) mass is 396 g/mol. The molecule has 0 radical (unpaired) electrons. The zero-order valence-electron chi connectivity index (χ0n) is 16.3. The van der Waals surface area contributed by atoms with Gasteiger partial charge < -0.3 is 14.6 Å². The lowest BCUT2D eigenvalue weighted by Crippen LogP contribution is -2.27. The Kier molecular flexibility index (Phi) is 6.71. The number of ether oxygens (including phenoxy) is 1. The minimum absolute atomic E-state index is 0.00687. The van der Waals surface area contributed by atoms with E-state index in [2.05, 4.69) is 34.6 Å². The Morgan fingerprint density at radius 2 is 1.89 bits per heavy atom. The molecule has 0 atom stereocenters. The van der Waals surface area contributed by atoms with Crippen LogP contribution in [0.25, 0.3) is 11.4 Å². The number of carbonyl (C=O) groups is 1. The van der Waals surface area contributed by atoms with Crippen LogP contribution in [0.15, 0.2) is 53.7 Å². The van der Waals surface area contributed by atoms with E-state index in [4.69, 9.17) is 4.74 Å². The number of aromatic nitrogens is 3. The normalized spacial score (nSPS) is 10.7. The van der Waals surface area contributed by atoms with E-state index < -0.39 is 0 Å². The fraction of sp³-hybridized carbons (Fsp3) is 0.286. The maximum atomic E-state index is 12.1. The van der Waals surface area contributed by atoms with Crippen molar-refractivity contribution in [1.82, 2.24) is 20.1 Å². The van der Waals surface area contributed by atoms with Crippen LogP contribution in [0.2, 0.25) is 0 Å². The van der Waals surface area contributed by atoms with E-state index in [9.17, 15) is 4.79 Å². The molecule has 0 saturated carbocycles. The molecule has 0 spiro atoms. The van der Waals surface area contributed by atoms with Crippen molar-refractivity contribution in [2.45, 2.75) is 18.5 Å². The number of nitrogens with one attached hydrogen (secondary N) is 1. The van der Waals surface area contributed by atoms with Gasteiger partial charge in [0.15, 0.2) is 11.0 Å². The van der Waals surface area contributed by atoms with Gasteiger partial charge in [0, 0.05) is 19.2 Å². The van der Waals surface area contributed by atoms with Crippen molar-refractivity contribution in [2.24, 2.45) is 7.05 Å². The summed E-state index contributed by atoms with van der Waals surface area (Å²) in [7, 11) is 3.54. The van der Waals surface area contributed by atoms with Gasteiger partial charge in [-0.05, 0) is 48.7 Å². The fourth-order valence-electron chi connectivity index (χ4n) is 2.84. The number of methoxy groups -OCH3 is 1. The average Bonchev–Trinajstić information content (AvgIpc) is 3.08. The van der Waals surface area contributed by atoms with Crippen molar-refractivity contribution in [3.8, 4) is 17.1 Å². The van der Waals surface area contributed by atoms with Crippen LogP contribution in [0, 0.1) is 6.92 Å². The first-order valence-electron chi connectivity index (χ1n) is 9.06. The summed E-state index contributed by atoms with van der Waals surface area (Å²) >= 11 is 1.38. The second-order valence-electron chi connectivity index (χ2n) is 6.41. The van der Waals surface area contributed by atoms with Crippen molar-refractivity contribution in [1.29, 1.82) is 0 Å². The van der Waals surface area contributed by atoms with Crippen LogP contribution < -0.4 is 10.1 Å². The molecule has 1 heterocycles. The van der Waals surface area contributed by atoms with E-state index in [0.29, 0.717) is 17.5 Å². The summed E-state index contributed by atoms with van der Waals surface area (Å²) in [5.74, 6) is 1.85. The highest BCUT2D eigenvalue weighted by Gasteiger charge is 2.13. The van der Waals surface area contributed by atoms with E-state index in [1.807, 2.05) is 48.0 Å². The van der Waals surface area contributed by atoms with Gasteiger partial charge in [-0.15, -0.1) is 10.2 Å². The van der Waals surface area contributed by atoms with Gasteiger partial charge in [0.25, 0.3) is 0 Å². The minimum atomic E-state index is -0.00687. The molecule has 7 heteroatoms. The Balaban J connectivity index is 1.51. The predicted octanol–water partition coefficient (Wildman–Crippen LogP) is 3.25. The number of aryl methyl sites for hydroxylation is 1. The quantitative estimate of drug-likeness (QED) is 0.592. The lowest BCUT2D eigenvalue weighted by atomic mass is 10.1. The van der Waals surface area contributed by atoms with Gasteiger partial charge in [0.1, 0.15) is 5.75 Å². The van der Waals surface area contributed by atoms with Gasteiger partial charge in [-0.25, -0.2) is 0 Å². The Morgan fingerprint density at radius 1 is 1.14 bits per heavy atom. The molecule has 0 unspecified atom stereocenters. The van der Waals surface area contributed by atoms with E-state index in [0.717, 1.165) is 23.6 Å². The summed E-state index contributed by atoms with van der Waals surface area (Å²) in [4.78, 5) is 12.1. The molecule has 1 aromatic heterocycles. The predicted molar refractivity (Wildman–Crippen MR) is 112 cm³/mol. The summed E-state index contributed by atoms with van der Waals surface area (Å²) in [6.07, 6.45) is 0.828. The number of hydrogen-bond acceptors (Lipinski definition) is 5.